The molecule has 2 rings (SSSR count). The minimum atomic E-state index is -0.703. The van der Waals surface area contributed by atoms with Crippen molar-refractivity contribution in [3.8, 4) is 0 Å². The summed E-state index contributed by atoms with van der Waals surface area (Å²) in [6, 6.07) is 4.09. The first kappa shape index (κ1) is 15.2. The molecular weight excluding hydrogens is 274 g/mol. The van der Waals surface area contributed by atoms with E-state index in [0.717, 1.165) is 19.3 Å². The number of hydrogen-bond acceptors (Lipinski definition) is 5. The van der Waals surface area contributed by atoms with E-state index < -0.39 is 10.8 Å². The number of carbonyl (C=O) groups is 1. The van der Waals surface area contributed by atoms with Gasteiger partial charge in [-0.3, -0.25) is 14.9 Å². The lowest BCUT2D eigenvalue weighted by atomic mass is 9.85. The lowest BCUT2D eigenvalue weighted by Crippen LogP contribution is -2.36. The first-order valence-electron chi connectivity index (χ1n) is 6.83. The van der Waals surface area contributed by atoms with Crippen molar-refractivity contribution in [1.29, 1.82) is 0 Å². The Bertz CT molecular complexity index is 575. The Morgan fingerprint density at radius 3 is 2.90 bits per heavy atom. The van der Waals surface area contributed by atoms with Crippen LogP contribution in [0.1, 0.15) is 36.5 Å². The number of benzene rings is 1. The Balaban J connectivity index is 2.31. The molecule has 1 aliphatic rings. The molecule has 0 spiro atoms. The van der Waals surface area contributed by atoms with Crippen molar-refractivity contribution < 1.29 is 14.8 Å². The molecule has 0 bridgehead atoms. The number of primary amides is 1. The highest BCUT2D eigenvalue weighted by atomic mass is 16.6. The number of anilines is 1. The van der Waals surface area contributed by atoms with Gasteiger partial charge in [0.05, 0.1) is 11.5 Å². The van der Waals surface area contributed by atoms with Crippen LogP contribution in [-0.2, 0) is 0 Å². The fraction of sp³-hybridized carbons (Fsp3) is 0.500. The zero-order valence-corrected chi connectivity index (χ0v) is 11.8. The molecule has 4 N–H and O–H groups in total. The van der Waals surface area contributed by atoms with Gasteiger partial charge in [-0.1, -0.05) is 13.3 Å². The molecule has 2 atom stereocenters. The Morgan fingerprint density at radius 1 is 1.62 bits per heavy atom. The molecule has 1 aromatic carbocycles. The zero-order valence-electron chi connectivity index (χ0n) is 11.8. The van der Waals surface area contributed by atoms with E-state index in [-0.39, 0.29) is 29.3 Å². The molecule has 0 aliphatic heterocycles. The average molecular weight is 293 g/mol. The fourth-order valence-corrected chi connectivity index (χ4v) is 2.81. The Labute approximate surface area is 122 Å². The van der Waals surface area contributed by atoms with Gasteiger partial charge in [0, 0.05) is 23.1 Å². The van der Waals surface area contributed by atoms with Crippen LogP contribution in [0.2, 0.25) is 0 Å². The number of carbonyl (C=O) groups excluding carboxylic acids is 1. The minimum absolute atomic E-state index is 0.0256. The van der Waals surface area contributed by atoms with Crippen LogP contribution in [-0.4, -0.2) is 28.6 Å². The van der Waals surface area contributed by atoms with Crippen LogP contribution >= 0.6 is 0 Å². The van der Waals surface area contributed by atoms with Gasteiger partial charge in [-0.25, -0.2) is 0 Å². The summed E-state index contributed by atoms with van der Waals surface area (Å²) < 4.78 is 0. The number of aliphatic hydroxyl groups excluding tert-OH is 1. The van der Waals surface area contributed by atoms with E-state index in [1.165, 1.54) is 18.2 Å². The van der Waals surface area contributed by atoms with Gasteiger partial charge in [-0.2, -0.15) is 0 Å². The minimum Gasteiger partial charge on any atom is -0.396 e. The van der Waals surface area contributed by atoms with Gasteiger partial charge in [-0.05, 0) is 25.0 Å². The number of nitrogens with one attached hydrogen (secondary N) is 1. The van der Waals surface area contributed by atoms with E-state index in [1.54, 1.807) is 0 Å². The smallest absolute Gasteiger partial charge is 0.293 e. The lowest BCUT2D eigenvalue weighted by molar-refractivity contribution is -0.384. The molecule has 0 aromatic heterocycles. The molecule has 0 saturated heterocycles. The third kappa shape index (κ3) is 2.97. The Hall–Kier alpha value is -2.15. The van der Waals surface area contributed by atoms with E-state index in [4.69, 9.17) is 5.73 Å². The van der Waals surface area contributed by atoms with Crippen LogP contribution in [0.5, 0.6) is 0 Å². The molecule has 1 fully saturated rings. The van der Waals surface area contributed by atoms with E-state index in [0.29, 0.717) is 5.69 Å². The van der Waals surface area contributed by atoms with E-state index in [9.17, 15) is 20.0 Å². The number of amides is 1. The molecule has 1 amide bonds. The van der Waals surface area contributed by atoms with Crippen LogP contribution in [0.3, 0.4) is 0 Å². The largest absolute Gasteiger partial charge is 0.396 e. The molecule has 1 saturated carbocycles. The highest BCUT2D eigenvalue weighted by Gasteiger charge is 2.39. The van der Waals surface area contributed by atoms with Crippen molar-refractivity contribution in [2.24, 2.45) is 11.1 Å². The van der Waals surface area contributed by atoms with Gasteiger partial charge in [0.1, 0.15) is 5.69 Å². The van der Waals surface area contributed by atoms with Crippen molar-refractivity contribution in [2.45, 2.75) is 32.2 Å². The molecule has 0 unspecified atom stereocenters. The molecule has 21 heavy (non-hydrogen) atoms. The van der Waals surface area contributed by atoms with Gasteiger partial charge in [0.25, 0.3) is 5.69 Å². The maximum Gasteiger partial charge on any atom is 0.293 e. The summed E-state index contributed by atoms with van der Waals surface area (Å²) in [6.07, 6.45) is 2.67. The third-order valence-electron chi connectivity index (χ3n) is 4.25. The molecule has 1 aliphatic carbocycles. The summed E-state index contributed by atoms with van der Waals surface area (Å²) in [7, 11) is 0. The van der Waals surface area contributed by atoms with Gasteiger partial charge in [0.2, 0.25) is 5.91 Å². The predicted octanol–water partition coefficient (Wildman–Crippen LogP) is 1.66. The number of hydrogen-bond donors (Lipinski definition) is 3. The summed E-state index contributed by atoms with van der Waals surface area (Å²) in [5, 5.41) is 23.8. The van der Waals surface area contributed by atoms with E-state index >= 15 is 0 Å². The maximum absolute atomic E-state index is 11.2. The number of nitro groups is 1. The van der Waals surface area contributed by atoms with Crippen molar-refractivity contribution in [2.75, 3.05) is 11.9 Å². The van der Waals surface area contributed by atoms with Crippen LogP contribution in [0.15, 0.2) is 18.2 Å². The fourth-order valence-electron chi connectivity index (χ4n) is 2.81. The molecule has 1 aromatic rings. The second-order valence-corrected chi connectivity index (χ2v) is 5.75. The SMILES string of the molecule is C[C@@]1(CO)CCC[C@@H]1Nc1ccc(C(N)=O)cc1[N+](=O)[O-]. The zero-order chi connectivity index (χ0) is 15.6. The van der Waals surface area contributed by atoms with Crippen LogP contribution in [0.4, 0.5) is 11.4 Å². The van der Waals surface area contributed by atoms with E-state index in [1.807, 2.05) is 6.92 Å². The first-order chi connectivity index (χ1) is 9.87. The van der Waals surface area contributed by atoms with Gasteiger partial charge >= 0.3 is 0 Å². The van der Waals surface area contributed by atoms with E-state index in [2.05, 4.69) is 5.32 Å². The molecule has 0 heterocycles. The monoisotopic (exact) mass is 293 g/mol. The van der Waals surface area contributed by atoms with Crippen LogP contribution in [0.25, 0.3) is 0 Å². The third-order valence-corrected chi connectivity index (χ3v) is 4.25. The Kier molecular flexibility index (Phi) is 4.13. The number of nitro benzene ring substituents is 1. The second-order valence-electron chi connectivity index (χ2n) is 5.75. The number of aliphatic hydroxyl groups is 1. The number of rotatable bonds is 5. The average Bonchev–Trinajstić information content (AvgIpc) is 2.81. The van der Waals surface area contributed by atoms with Crippen molar-refractivity contribution in [1.82, 2.24) is 0 Å². The van der Waals surface area contributed by atoms with Crippen molar-refractivity contribution in [3.05, 3.63) is 33.9 Å². The quantitative estimate of drug-likeness (QED) is 0.563. The molecule has 7 heteroatoms. The van der Waals surface area contributed by atoms with Crippen LogP contribution < -0.4 is 11.1 Å². The highest BCUT2D eigenvalue weighted by molar-refractivity contribution is 5.94. The lowest BCUT2D eigenvalue weighted by Gasteiger charge is -2.30. The maximum atomic E-state index is 11.2. The topological polar surface area (TPSA) is 118 Å². The summed E-state index contributed by atoms with van der Waals surface area (Å²) in [5.41, 5.74) is 5.11. The molecular formula is C14H19N3O4. The first-order valence-corrected chi connectivity index (χ1v) is 6.83. The standard InChI is InChI=1S/C14H19N3O4/c1-14(8-18)6-2-3-12(14)16-10-5-4-9(13(15)19)7-11(10)17(20)21/h4-5,7,12,16,18H,2-3,6,8H2,1H3,(H2,15,19)/t12-,14-/m0/s1. The summed E-state index contributed by atoms with van der Waals surface area (Å²) >= 11 is 0. The normalized spacial score (nSPS) is 24.8. The van der Waals surface area contributed by atoms with Crippen LogP contribution in [0, 0.1) is 15.5 Å². The summed E-state index contributed by atoms with van der Waals surface area (Å²) in [4.78, 5) is 21.8. The predicted molar refractivity (Wildman–Crippen MR) is 78.1 cm³/mol. The van der Waals surface area contributed by atoms with Crippen molar-refractivity contribution >= 4 is 17.3 Å². The van der Waals surface area contributed by atoms with Gasteiger partial charge in [-0.15, -0.1) is 0 Å². The Morgan fingerprint density at radius 2 is 2.33 bits per heavy atom. The molecule has 7 nitrogen and oxygen atoms in total. The second kappa shape index (κ2) is 5.69. The number of nitrogens with two attached hydrogens (primary N) is 1. The highest BCUT2D eigenvalue weighted by Crippen LogP contribution is 2.40. The van der Waals surface area contributed by atoms with Crippen molar-refractivity contribution in [3.63, 3.8) is 0 Å². The number of nitrogens with zero attached hydrogens (tertiary/aromatic N) is 1. The molecule has 0 radical (unpaired) electrons. The summed E-state index contributed by atoms with van der Waals surface area (Å²) in [5.74, 6) is -0.703. The summed E-state index contributed by atoms with van der Waals surface area (Å²) in [6.45, 7) is 1.99. The molecule has 114 valence electrons. The van der Waals surface area contributed by atoms with Gasteiger partial charge in [0.15, 0.2) is 0 Å². The van der Waals surface area contributed by atoms with Gasteiger partial charge < -0.3 is 16.2 Å².